The summed E-state index contributed by atoms with van der Waals surface area (Å²) < 4.78 is 0. The molecule has 2 N–H and O–H groups in total. The Bertz CT molecular complexity index is 322. The zero-order valence-electron chi connectivity index (χ0n) is 8.44. The van der Waals surface area contributed by atoms with E-state index in [1.54, 1.807) is 5.51 Å². The SMILES string of the molecule is Cc1ncsc1C(NC(C)C)C(=O)O. The van der Waals surface area contributed by atoms with Gasteiger partial charge in [0, 0.05) is 6.04 Å². The van der Waals surface area contributed by atoms with Crippen molar-refractivity contribution in [1.29, 1.82) is 0 Å². The Labute approximate surface area is 87.0 Å². The summed E-state index contributed by atoms with van der Waals surface area (Å²) in [5.41, 5.74) is 2.46. The molecule has 0 amide bonds. The molecular formula is C9H14N2O2S. The molecule has 0 fully saturated rings. The van der Waals surface area contributed by atoms with Gasteiger partial charge in [0.2, 0.25) is 0 Å². The molecular weight excluding hydrogens is 200 g/mol. The fourth-order valence-corrected chi connectivity index (χ4v) is 2.03. The molecule has 0 aliphatic heterocycles. The second-order valence-electron chi connectivity index (χ2n) is 3.39. The maximum atomic E-state index is 11.0. The van der Waals surface area contributed by atoms with Crippen LogP contribution >= 0.6 is 11.3 Å². The standard InChI is InChI=1S/C9H14N2O2S/c1-5(2)11-7(9(12)13)8-6(3)10-4-14-8/h4-5,7,11H,1-3H3,(H,12,13). The normalized spacial score (nSPS) is 13.1. The smallest absolute Gasteiger partial charge is 0.326 e. The van der Waals surface area contributed by atoms with Gasteiger partial charge in [-0.2, -0.15) is 0 Å². The minimum atomic E-state index is -0.856. The van der Waals surface area contributed by atoms with E-state index in [1.807, 2.05) is 20.8 Å². The van der Waals surface area contributed by atoms with Crippen LogP contribution in [0.2, 0.25) is 0 Å². The minimum absolute atomic E-state index is 0.137. The van der Waals surface area contributed by atoms with Gasteiger partial charge < -0.3 is 5.11 Å². The first kappa shape index (κ1) is 11.1. The number of aromatic nitrogens is 1. The molecule has 0 bridgehead atoms. The van der Waals surface area contributed by atoms with Gasteiger partial charge in [0.05, 0.1) is 16.1 Å². The molecule has 0 aliphatic carbocycles. The highest BCUT2D eigenvalue weighted by atomic mass is 32.1. The summed E-state index contributed by atoms with van der Waals surface area (Å²) in [6.45, 7) is 5.67. The monoisotopic (exact) mass is 214 g/mol. The lowest BCUT2D eigenvalue weighted by atomic mass is 10.2. The summed E-state index contributed by atoms with van der Waals surface area (Å²) in [7, 11) is 0. The topological polar surface area (TPSA) is 62.2 Å². The molecule has 0 aliphatic rings. The number of hydrogen-bond donors (Lipinski definition) is 2. The predicted octanol–water partition coefficient (Wildman–Crippen LogP) is 1.58. The maximum absolute atomic E-state index is 11.0. The summed E-state index contributed by atoms with van der Waals surface area (Å²) in [6.07, 6.45) is 0. The van der Waals surface area contributed by atoms with Gasteiger partial charge in [-0.25, -0.2) is 4.98 Å². The first-order chi connectivity index (χ1) is 6.52. The van der Waals surface area contributed by atoms with Gasteiger partial charge in [-0.15, -0.1) is 11.3 Å². The van der Waals surface area contributed by atoms with Crippen molar-refractivity contribution in [3.05, 3.63) is 16.1 Å². The van der Waals surface area contributed by atoms with E-state index in [9.17, 15) is 4.79 Å². The molecule has 0 saturated carbocycles. The lowest BCUT2D eigenvalue weighted by molar-refractivity contribution is -0.139. The van der Waals surface area contributed by atoms with Crippen LogP contribution in [0.15, 0.2) is 5.51 Å². The van der Waals surface area contributed by atoms with Crippen LogP contribution in [-0.4, -0.2) is 22.1 Å². The fraction of sp³-hybridized carbons (Fsp3) is 0.556. The van der Waals surface area contributed by atoms with E-state index in [-0.39, 0.29) is 6.04 Å². The summed E-state index contributed by atoms with van der Waals surface area (Å²) in [6, 6.07) is -0.500. The van der Waals surface area contributed by atoms with Crippen LogP contribution in [0.25, 0.3) is 0 Å². The molecule has 4 nitrogen and oxygen atoms in total. The average molecular weight is 214 g/mol. The van der Waals surface area contributed by atoms with E-state index in [0.29, 0.717) is 0 Å². The number of aliphatic carboxylic acids is 1. The van der Waals surface area contributed by atoms with Crippen molar-refractivity contribution >= 4 is 17.3 Å². The summed E-state index contributed by atoms with van der Waals surface area (Å²) in [4.78, 5) is 15.8. The quantitative estimate of drug-likeness (QED) is 0.798. The molecule has 5 heteroatoms. The van der Waals surface area contributed by atoms with Gasteiger partial charge in [0.15, 0.2) is 0 Å². The van der Waals surface area contributed by atoms with Crippen molar-refractivity contribution in [1.82, 2.24) is 10.3 Å². The van der Waals surface area contributed by atoms with E-state index in [2.05, 4.69) is 10.3 Å². The number of thiazole rings is 1. The van der Waals surface area contributed by atoms with Crippen molar-refractivity contribution in [3.63, 3.8) is 0 Å². The van der Waals surface area contributed by atoms with Crippen LogP contribution < -0.4 is 5.32 Å². The number of aryl methyl sites for hydroxylation is 1. The van der Waals surface area contributed by atoms with Gasteiger partial charge in [0.1, 0.15) is 6.04 Å². The van der Waals surface area contributed by atoms with Gasteiger partial charge in [0.25, 0.3) is 0 Å². The van der Waals surface area contributed by atoms with Gasteiger partial charge >= 0.3 is 5.97 Å². The van der Waals surface area contributed by atoms with Crippen molar-refractivity contribution in [2.24, 2.45) is 0 Å². The Morgan fingerprint density at radius 3 is 2.64 bits per heavy atom. The molecule has 0 radical (unpaired) electrons. The molecule has 0 spiro atoms. The number of nitrogens with zero attached hydrogens (tertiary/aromatic N) is 1. The number of carbonyl (C=O) groups is 1. The van der Waals surface area contributed by atoms with Gasteiger partial charge in [-0.05, 0) is 20.8 Å². The molecule has 1 aromatic heterocycles. The molecule has 1 atom stereocenters. The number of carboxylic acids is 1. The second-order valence-corrected chi connectivity index (χ2v) is 4.28. The van der Waals surface area contributed by atoms with Crippen LogP contribution in [-0.2, 0) is 4.79 Å². The third kappa shape index (κ3) is 2.52. The molecule has 1 unspecified atom stereocenters. The second kappa shape index (κ2) is 4.52. The van der Waals surface area contributed by atoms with E-state index >= 15 is 0 Å². The summed E-state index contributed by atoms with van der Waals surface area (Å²) in [5, 5.41) is 12.0. The van der Waals surface area contributed by atoms with Crippen LogP contribution in [0.1, 0.15) is 30.5 Å². The van der Waals surface area contributed by atoms with Crippen molar-refractivity contribution in [2.75, 3.05) is 0 Å². The van der Waals surface area contributed by atoms with Crippen LogP contribution in [0.3, 0.4) is 0 Å². The molecule has 1 heterocycles. The molecule has 0 saturated heterocycles. The Morgan fingerprint density at radius 1 is 1.64 bits per heavy atom. The largest absolute Gasteiger partial charge is 0.480 e. The fourth-order valence-electron chi connectivity index (χ4n) is 1.18. The maximum Gasteiger partial charge on any atom is 0.326 e. The predicted molar refractivity (Wildman–Crippen MR) is 55.5 cm³/mol. The van der Waals surface area contributed by atoms with Crippen LogP contribution in [0.5, 0.6) is 0 Å². The Hall–Kier alpha value is -0.940. The van der Waals surface area contributed by atoms with E-state index in [1.165, 1.54) is 11.3 Å². The van der Waals surface area contributed by atoms with Gasteiger partial charge in [-0.1, -0.05) is 0 Å². The molecule has 1 rings (SSSR count). The molecule has 0 aromatic carbocycles. The molecule has 78 valence electrons. The van der Waals surface area contributed by atoms with Crippen molar-refractivity contribution in [3.8, 4) is 0 Å². The number of carboxylic acid groups (broad SMARTS) is 1. The van der Waals surface area contributed by atoms with E-state index in [4.69, 9.17) is 5.11 Å². The van der Waals surface area contributed by atoms with Crippen molar-refractivity contribution < 1.29 is 9.90 Å². The Morgan fingerprint density at radius 2 is 2.29 bits per heavy atom. The zero-order valence-corrected chi connectivity index (χ0v) is 9.26. The number of nitrogens with one attached hydrogen (secondary N) is 1. The highest BCUT2D eigenvalue weighted by molar-refractivity contribution is 7.10. The van der Waals surface area contributed by atoms with Crippen LogP contribution in [0.4, 0.5) is 0 Å². The van der Waals surface area contributed by atoms with E-state index in [0.717, 1.165) is 10.6 Å². The number of rotatable bonds is 4. The van der Waals surface area contributed by atoms with Crippen molar-refractivity contribution in [2.45, 2.75) is 32.9 Å². The third-order valence-corrected chi connectivity index (χ3v) is 2.79. The van der Waals surface area contributed by atoms with E-state index < -0.39 is 12.0 Å². The molecule has 14 heavy (non-hydrogen) atoms. The highest BCUT2D eigenvalue weighted by Crippen LogP contribution is 2.22. The van der Waals surface area contributed by atoms with Gasteiger partial charge in [-0.3, -0.25) is 10.1 Å². The molecule has 1 aromatic rings. The first-order valence-corrected chi connectivity index (χ1v) is 5.29. The summed E-state index contributed by atoms with van der Waals surface area (Å²) in [5.74, 6) is -0.856. The third-order valence-electron chi connectivity index (χ3n) is 1.79. The number of hydrogen-bond acceptors (Lipinski definition) is 4. The van der Waals surface area contributed by atoms with Crippen LogP contribution in [0, 0.1) is 6.92 Å². The highest BCUT2D eigenvalue weighted by Gasteiger charge is 2.23. The lowest BCUT2D eigenvalue weighted by Gasteiger charge is -2.16. The Balaban J connectivity index is 2.89. The first-order valence-electron chi connectivity index (χ1n) is 4.41. The Kier molecular flexibility index (Phi) is 3.60. The minimum Gasteiger partial charge on any atom is -0.480 e. The zero-order chi connectivity index (χ0) is 10.7. The average Bonchev–Trinajstić information content (AvgIpc) is 2.46. The lowest BCUT2D eigenvalue weighted by Crippen LogP contribution is -2.33. The summed E-state index contributed by atoms with van der Waals surface area (Å²) >= 11 is 1.37.